The second-order valence-electron chi connectivity index (χ2n) is 7.57. The summed E-state index contributed by atoms with van der Waals surface area (Å²) >= 11 is 0. The average Bonchev–Trinajstić information content (AvgIpc) is 2.65. The summed E-state index contributed by atoms with van der Waals surface area (Å²) in [5, 5.41) is 17.7. The molecule has 0 fully saturated rings. The summed E-state index contributed by atoms with van der Waals surface area (Å²) in [7, 11) is 0. The average molecular weight is 373 g/mol. The van der Waals surface area contributed by atoms with Gasteiger partial charge in [0.15, 0.2) is 0 Å². The molecule has 0 heterocycles. The third-order valence-electron chi connectivity index (χ3n) is 4.88. The fraction of sp³-hybridized carbons (Fsp3) is 0.955. The smallest absolute Gasteiger partial charge is 0.305 e. The van der Waals surface area contributed by atoms with Crippen molar-refractivity contribution in [1.29, 1.82) is 0 Å². The van der Waals surface area contributed by atoms with Crippen molar-refractivity contribution in [2.75, 3.05) is 13.2 Å². The van der Waals surface area contributed by atoms with Gasteiger partial charge < -0.3 is 14.9 Å². The molecule has 26 heavy (non-hydrogen) atoms. The van der Waals surface area contributed by atoms with Crippen molar-refractivity contribution in [2.24, 2.45) is 0 Å². The minimum absolute atomic E-state index is 0.103. The highest BCUT2D eigenvalue weighted by molar-refractivity contribution is 5.69. The third kappa shape index (κ3) is 19.7. The summed E-state index contributed by atoms with van der Waals surface area (Å²) in [5.74, 6) is -0.275. The van der Waals surface area contributed by atoms with Gasteiger partial charge in [0.05, 0.1) is 6.61 Å². The Hall–Kier alpha value is -0.610. The van der Waals surface area contributed by atoms with Crippen LogP contribution in [0.5, 0.6) is 0 Å². The predicted octanol–water partition coefficient (Wildman–Crippen LogP) is 5.53. The molecule has 0 aromatic carbocycles. The molecule has 156 valence electrons. The molecule has 0 saturated carbocycles. The molecule has 0 radical (unpaired) electrons. The Labute approximate surface area is 161 Å². The van der Waals surface area contributed by atoms with Crippen LogP contribution < -0.4 is 0 Å². The maximum absolute atomic E-state index is 11.4. The number of unbranched alkanes of at least 4 members (excludes halogenated alkanes) is 15. The van der Waals surface area contributed by atoms with E-state index in [2.05, 4.69) is 6.92 Å². The van der Waals surface area contributed by atoms with Crippen molar-refractivity contribution in [3.63, 3.8) is 0 Å². The van der Waals surface area contributed by atoms with Crippen LogP contribution in [0.3, 0.4) is 0 Å². The predicted molar refractivity (Wildman–Crippen MR) is 108 cm³/mol. The van der Waals surface area contributed by atoms with Crippen LogP contribution in [-0.4, -0.2) is 35.5 Å². The van der Waals surface area contributed by atoms with Gasteiger partial charge in [-0.3, -0.25) is 4.79 Å². The lowest BCUT2D eigenvalue weighted by atomic mass is 10.0. The zero-order valence-electron chi connectivity index (χ0n) is 17.2. The molecule has 0 rings (SSSR count). The van der Waals surface area contributed by atoms with E-state index in [1.165, 1.54) is 89.9 Å². The number of hydrogen-bond donors (Lipinski definition) is 2. The molecule has 0 aromatic rings. The molecule has 1 atom stereocenters. The lowest BCUT2D eigenvalue weighted by Crippen LogP contribution is -2.21. The van der Waals surface area contributed by atoms with Gasteiger partial charge in [0, 0.05) is 6.42 Å². The monoisotopic (exact) mass is 372 g/mol. The first-order valence-electron chi connectivity index (χ1n) is 11.1. The van der Waals surface area contributed by atoms with Crippen LogP contribution in [0.4, 0.5) is 0 Å². The zero-order chi connectivity index (χ0) is 19.3. The van der Waals surface area contributed by atoms with E-state index < -0.39 is 6.10 Å². The first-order chi connectivity index (χ1) is 12.7. The van der Waals surface area contributed by atoms with Crippen LogP contribution in [0.25, 0.3) is 0 Å². The minimum Gasteiger partial charge on any atom is -0.463 e. The number of rotatable bonds is 20. The van der Waals surface area contributed by atoms with Gasteiger partial charge in [-0.05, 0) is 6.42 Å². The van der Waals surface area contributed by atoms with Crippen LogP contribution in [0, 0.1) is 0 Å². The fourth-order valence-electron chi connectivity index (χ4n) is 3.13. The number of carbonyl (C=O) groups excluding carboxylic acids is 1. The number of aliphatic hydroxyl groups is 2. The van der Waals surface area contributed by atoms with Crippen LogP contribution in [0.1, 0.15) is 116 Å². The van der Waals surface area contributed by atoms with E-state index in [4.69, 9.17) is 14.9 Å². The van der Waals surface area contributed by atoms with E-state index >= 15 is 0 Å². The molecule has 0 aliphatic heterocycles. The molecule has 0 amide bonds. The topological polar surface area (TPSA) is 66.8 Å². The van der Waals surface area contributed by atoms with Crippen molar-refractivity contribution in [3.05, 3.63) is 0 Å². The lowest BCUT2D eigenvalue weighted by Gasteiger charge is -2.08. The molecular formula is C22H44O4. The quantitative estimate of drug-likeness (QED) is 0.218. The molecule has 0 aromatic heterocycles. The Bertz CT molecular complexity index is 294. The molecule has 4 heteroatoms. The largest absolute Gasteiger partial charge is 0.463 e. The fourth-order valence-corrected chi connectivity index (χ4v) is 3.13. The second-order valence-corrected chi connectivity index (χ2v) is 7.57. The standard InChI is InChI=1S/C22H44O4/c1-2-3-4-5-6-7-8-9-10-11-12-13-14-15-16-17-18-22(25)26-20-21(24)19-23/h21,23-24H,2-20H2,1H3/t21-/m0/s1. The molecule has 0 spiro atoms. The number of ether oxygens (including phenoxy) is 1. The summed E-state index contributed by atoms with van der Waals surface area (Å²) in [5.41, 5.74) is 0. The highest BCUT2D eigenvalue weighted by Gasteiger charge is 2.07. The lowest BCUT2D eigenvalue weighted by molar-refractivity contribution is -0.147. The number of carbonyl (C=O) groups is 1. The Kier molecular flexibility index (Phi) is 20.2. The molecule has 0 saturated heterocycles. The van der Waals surface area contributed by atoms with E-state index in [0.29, 0.717) is 6.42 Å². The second kappa shape index (κ2) is 20.7. The van der Waals surface area contributed by atoms with E-state index in [9.17, 15) is 4.79 Å². The number of esters is 1. The highest BCUT2D eigenvalue weighted by atomic mass is 16.5. The van der Waals surface area contributed by atoms with E-state index in [0.717, 1.165) is 12.8 Å². The summed E-state index contributed by atoms with van der Waals surface area (Å²) in [4.78, 5) is 11.4. The molecular weight excluding hydrogens is 328 g/mol. The van der Waals surface area contributed by atoms with Crippen molar-refractivity contribution in [1.82, 2.24) is 0 Å². The first kappa shape index (κ1) is 25.4. The molecule has 0 aliphatic rings. The maximum atomic E-state index is 11.4. The van der Waals surface area contributed by atoms with Gasteiger partial charge in [0.2, 0.25) is 0 Å². The van der Waals surface area contributed by atoms with Gasteiger partial charge >= 0.3 is 5.97 Å². The molecule has 0 aliphatic carbocycles. The van der Waals surface area contributed by atoms with E-state index in [1.54, 1.807) is 0 Å². The first-order valence-corrected chi connectivity index (χ1v) is 11.1. The summed E-state index contributed by atoms with van der Waals surface area (Å²) in [6.45, 7) is 1.80. The van der Waals surface area contributed by atoms with Crippen LogP contribution in [0.2, 0.25) is 0 Å². The van der Waals surface area contributed by atoms with Gasteiger partial charge in [-0.2, -0.15) is 0 Å². The molecule has 4 nitrogen and oxygen atoms in total. The Balaban J connectivity index is 3.12. The SMILES string of the molecule is CCCCCCCCCCCCCCCCCCC(=O)OC[C@@H](O)CO. The van der Waals surface area contributed by atoms with Crippen LogP contribution in [0.15, 0.2) is 0 Å². The summed E-state index contributed by atoms with van der Waals surface area (Å²) < 4.78 is 4.87. The van der Waals surface area contributed by atoms with Gasteiger partial charge in [-0.1, -0.05) is 103 Å². The van der Waals surface area contributed by atoms with Crippen LogP contribution >= 0.6 is 0 Å². The Morgan fingerprint density at radius 2 is 1.12 bits per heavy atom. The number of aliphatic hydroxyl groups excluding tert-OH is 2. The molecule has 2 N–H and O–H groups in total. The Morgan fingerprint density at radius 3 is 1.50 bits per heavy atom. The zero-order valence-corrected chi connectivity index (χ0v) is 17.2. The van der Waals surface area contributed by atoms with Gasteiger partial charge in [0.1, 0.15) is 12.7 Å². The van der Waals surface area contributed by atoms with E-state index in [1.807, 2.05) is 0 Å². The van der Waals surface area contributed by atoms with E-state index in [-0.39, 0.29) is 19.2 Å². The van der Waals surface area contributed by atoms with Crippen molar-refractivity contribution >= 4 is 5.97 Å². The van der Waals surface area contributed by atoms with Crippen molar-refractivity contribution < 1.29 is 19.7 Å². The summed E-state index contributed by atoms with van der Waals surface area (Å²) in [6, 6.07) is 0. The maximum Gasteiger partial charge on any atom is 0.305 e. The van der Waals surface area contributed by atoms with Gasteiger partial charge in [0.25, 0.3) is 0 Å². The van der Waals surface area contributed by atoms with Crippen LogP contribution in [-0.2, 0) is 9.53 Å². The highest BCUT2D eigenvalue weighted by Crippen LogP contribution is 2.14. The number of hydrogen-bond acceptors (Lipinski definition) is 4. The third-order valence-corrected chi connectivity index (χ3v) is 4.88. The van der Waals surface area contributed by atoms with Crippen molar-refractivity contribution in [2.45, 2.75) is 122 Å². The van der Waals surface area contributed by atoms with Gasteiger partial charge in [-0.25, -0.2) is 0 Å². The van der Waals surface area contributed by atoms with Gasteiger partial charge in [-0.15, -0.1) is 0 Å². The molecule has 0 bridgehead atoms. The summed E-state index contributed by atoms with van der Waals surface area (Å²) in [6.07, 6.45) is 20.5. The normalized spacial score (nSPS) is 12.3. The van der Waals surface area contributed by atoms with Crippen molar-refractivity contribution in [3.8, 4) is 0 Å². The Morgan fingerprint density at radius 1 is 0.731 bits per heavy atom. The minimum atomic E-state index is -0.954. The molecule has 0 unspecified atom stereocenters.